The third kappa shape index (κ3) is 6.85. The van der Waals surface area contributed by atoms with E-state index in [1.54, 1.807) is 24.3 Å². The molecule has 0 fully saturated rings. The summed E-state index contributed by atoms with van der Waals surface area (Å²) in [6.07, 6.45) is -4.31. The van der Waals surface area contributed by atoms with Crippen LogP contribution in [0.4, 0.5) is 13.2 Å². The molecule has 9 heteroatoms. The van der Waals surface area contributed by atoms with E-state index in [-0.39, 0.29) is 19.0 Å². The number of hydrogen-bond donors (Lipinski definition) is 3. The molecule has 5 nitrogen and oxygen atoms in total. The van der Waals surface area contributed by atoms with Crippen molar-refractivity contribution in [2.45, 2.75) is 18.6 Å². The molecule has 0 aromatic heterocycles. The molecule has 0 spiro atoms. The number of nitrogens with two attached hydrogens (primary N) is 1. The van der Waals surface area contributed by atoms with Crippen molar-refractivity contribution in [3.8, 4) is 0 Å². The van der Waals surface area contributed by atoms with Gasteiger partial charge in [-0.25, -0.2) is 4.72 Å². The first-order chi connectivity index (χ1) is 9.20. The summed E-state index contributed by atoms with van der Waals surface area (Å²) in [6, 6.07) is 8.61. The average Bonchev–Trinajstić information content (AvgIpc) is 2.37. The van der Waals surface area contributed by atoms with Crippen LogP contribution < -0.4 is 15.2 Å². The van der Waals surface area contributed by atoms with Gasteiger partial charge >= 0.3 is 6.18 Å². The summed E-state index contributed by atoms with van der Waals surface area (Å²) in [4.78, 5) is 0. The van der Waals surface area contributed by atoms with Crippen LogP contribution in [0.1, 0.15) is 18.0 Å². The molecule has 1 rings (SSSR count). The largest absolute Gasteiger partial charge is 0.402 e. The standard InChI is InChI=1S/C11H16F3N3O2S/c12-11(13,14)8-17-20(18,19)16-7-6-10(15)9-4-2-1-3-5-9/h1-5,10,16-17H,6-8,15H2. The summed E-state index contributed by atoms with van der Waals surface area (Å²) in [5.41, 5.74) is 6.66. The highest BCUT2D eigenvalue weighted by atomic mass is 32.2. The molecule has 0 heterocycles. The smallest absolute Gasteiger partial charge is 0.324 e. The summed E-state index contributed by atoms with van der Waals surface area (Å²) in [5, 5.41) is 0. The Hall–Kier alpha value is -1.16. The summed E-state index contributed by atoms with van der Waals surface area (Å²) >= 11 is 0. The van der Waals surface area contributed by atoms with Gasteiger partial charge in [0.2, 0.25) is 0 Å². The van der Waals surface area contributed by atoms with Gasteiger partial charge in [0.1, 0.15) is 6.54 Å². The van der Waals surface area contributed by atoms with Gasteiger partial charge in [0.05, 0.1) is 0 Å². The molecular weight excluding hydrogens is 295 g/mol. The fraction of sp³-hybridized carbons (Fsp3) is 0.455. The molecular formula is C11H16F3N3O2S. The van der Waals surface area contributed by atoms with Crippen molar-refractivity contribution in [1.29, 1.82) is 0 Å². The molecule has 0 aliphatic rings. The summed E-state index contributed by atoms with van der Waals surface area (Å²) in [7, 11) is -4.17. The number of rotatable bonds is 7. The molecule has 0 amide bonds. The van der Waals surface area contributed by atoms with Crippen LogP contribution in [0.15, 0.2) is 30.3 Å². The molecule has 0 aliphatic carbocycles. The minimum atomic E-state index is -4.59. The first-order valence-electron chi connectivity index (χ1n) is 5.81. The van der Waals surface area contributed by atoms with Crippen LogP contribution in [0.2, 0.25) is 0 Å². The Morgan fingerprint density at radius 1 is 1.15 bits per heavy atom. The second-order valence-electron chi connectivity index (χ2n) is 4.14. The second-order valence-corrected chi connectivity index (χ2v) is 5.72. The van der Waals surface area contributed by atoms with Crippen molar-refractivity contribution >= 4 is 10.2 Å². The van der Waals surface area contributed by atoms with Gasteiger partial charge in [-0.15, -0.1) is 0 Å². The highest BCUT2D eigenvalue weighted by molar-refractivity contribution is 7.87. The molecule has 114 valence electrons. The molecule has 1 aromatic rings. The van der Waals surface area contributed by atoms with E-state index in [0.717, 1.165) is 5.56 Å². The van der Waals surface area contributed by atoms with Crippen molar-refractivity contribution in [3.63, 3.8) is 0 Å². The van der Waals surface area contributed by atoms with Gasteiger partial charge in [0, 0.05) is 12.6 Å². The normalized spacial score (nSPS) is 14.2. The first kappa shape index (κ1) is 16.9. The zero-order chi connectivity index (χ0) is 15.2. The highest BCUT2D eigenvalue weighted by Gasteiger charge is 2.29. The second kappa shape index (κ2) is 7.02. The lowest BCUT2D eigenvalue weighted by Gasteiger charge is -2.13. The lowest BCUT2D eigenvalue weighted by atomic mass is 10.1. The Morgan fingerprint density at radius 2 is 1.75 bits per heavy atom. The molecule has 0 saturated heterocycles. The Bertz CT molecular complexity index is 505. The first-order valence-corrected chi connectivity index (χ1v) is 7.29. The van der Waals surface area contributed by atoms with Gasteiger partial charge in [-0.2, -0.15) is 26.3 Å². The number of benzene rings is 1. The molecule has 1 atom stereocenters. The van der Waals surface area contributed by atoms with Crippen molar-refractivity contribution in [1.82, 2.24) is 9.44 Å². The van der Waals surface area contributed by atoms with Crippen LogP contribution in [-0.4, -0.2) is 27.7 Å². The number of halogens is 3. The van der Waals surface area contributed by atoms with Gasteiger partial charge < -0.3 is 5.73 Å². The van der Waals surface area contributed by atoms with Crippen molar-refractivity contribution in [3.05, 3.63) is 35.9 Å². The predicted octanol–water partition coefficient (Wildman–Crippen LogP) is 1.06. The lowest BCUT2D eigenvalue weighted by molar-refractivity contribution is -0.121. The van der Waals surface area contributed by atoms with E-state index in [4.69, 9.17) is 5.73 Å². The van der Waals surface area contributed by atoms with Crippen molar-refractivity contribution in [2.75, 3.05) is 13.1 Å². The molecule has 0 radical (unpaired) electrons. The van der Waals surface area contributed by atoms with E-state index in [1.807, 2.05) is 10.8 Å². The highest BCUT2D eigenvalue weighted by Crippen LogP contribution is 2.13. The van der Waals surface area contributed by atoms with Gasteiger partial charge in [-0.1, -0.05) is 30.3 Å². The van der Waals surface area contributed by atoms with Crippen LogP contribution in [0, 0.1) is 0 Å². The zero-order valence-corrected chi connectivity index (χ0v) is 11.3. The molecule has 0 saturated carbocycles. The maximum absolute atomic E-state index is 11.9. The lowest BCUT2D eigenvalue weighted by Crippen LogP contribution is -2.42. The minimum Gasteiger partial charge on any atom is -0.324 e. The van der Waals surface area contributed by atoms with Gasteiger partial charge in [0.15, 0.2) is 0 Å². The van der Waals surface area contributed by atoms with E-state index < -0.39 is 22.9 Å². The number of alkyl halides is 3. The summed E-state index contributed by atoms with van der Waals surface area (Å²) in [5.74, 6) is 0. The third-order valence-corrected chi connectivity index (χ3v) is 3.55. The number of hydrogen-bond acceptors (Lipinski definition) is 3. The van der Waals surface area contributed by atoms with Crippen LogP contribution in [0.3, 0.4) is 0 Å². The van der Waals surface area contributed by atoms with E-state index in [1.165, 1.54) is 4.72 Å². The monoisotopic (exact) mass is 311 g/mol. The van der Waals surface area contributed by atoms with E-state index in [9.17, 15) is 21.6 Å². The van der Waals surface area contributed by atoms with Gasteiger partial charge in [-0.3, -0.25) is 0 Å². The van der Waals surface area contributed by atoms with Crippen molar-refractivity contribution in [2.24, 2.45) is 5.73 Å². The maximum Gasteiger partial charge on any atom is 0.402 e. The van der Waals surface area contributed by atoms with Crippen LogP contribution in [0.25, 0.3) is 0 Å². The van der Waals surface area contributed by atoms with Crippen molar-refractivity contribution < 1.29 is 21.6 Å². The summed E-state index contributed by atoms with van der Waals surface area (Å²) in [6.45, 7) is -1.66. The van der Waals surface area contributed by atoms with E-state index in [2.05, 4.69) is 0 Å². The van der Waals surface area contributed by atoms with Crippen LogP contribution in [0.5, 0.6) is 0 Å². The van der Waals surface area contributed by atoms with E-state index in [0.29, 0.717) is 0 Å². The third-order valence-electron chi connectivity index (χ3n) is 2.44. The Kier molecular flexibility index (Phi) is 5.93. The maximum atomic E-state index is 11.9. The molecule has 0 bridgehead atoms. The fourth-order valence-corrected chi connectivity index (χ4v) is 2.29. The van der Waals surface area contributed by atoms with Gasteiger partial charge in [-0.05, 0) is 12.0 Å². The summed E-state index contributed by atoms with van der Waals surface area (Å²) < 4.78 is 61.5. The zero-order valence-electron chi connectivity index (χ0n) is 10.5. The fourth-order valence-electron chi connectivity index (χ4n) is 1.44. The predicted molar refractivity (Wildman–Crippen MR) is 69.0 cm³/mol. The number of nitrogens with one attached hydrogen (secondary N) is 2. The van der Waals surface area contributed by atoms with Gasteiger partial charge in [0.25, 0.3) is 10.2 Å². The SMILES string of the molecule is NC(CCNS(=O)(=O)NCC(F)(F)F)c1ccccc1. The van der Waals surface area contributed by atoms with Crippen LogP contribution in [-0.2, 0) is 10.2 Å². The average molecular weight is 311 g/mol. The Morgan fingerprint density at radius 3 is 2.30 bits per heavy atom. The molecule has 1 aromatic carbocycles. The minimum absolute atomic E-state index is 0.0523. The Labute approximate surface area is 115 Å². The molecule has 20 heavy (non-hydrogen) atoms. The van der Waals surface area contributed by atoms with E-state index >= 15 is 0 Å². The molecule has 0 aliphatic heterocycles. The van der Waals surface area contributed by atoms with Crippen LogP contribution >= 0.6 is 0 Å². The molecule has 1 unspecified atom stereocenters. The Balaban J connectivity index is 2.36. The molecule has 4 N–H and O–H groups in total. The quantitative estimate of drug-likeness (QED) is 0.704. The topological polar surface area (TPSA) is 84.2 Å².